The lowest BCUT2D eigenvalue weighted by Gasteiger charge is -2.20. The number of amides is 2. The van der Waals surface area contributed by atoms with Gasteiger partial charge in [-0.15, -0.1) is 11.3 Å². The minimum absolute atomic E-state index is 0.0580. The highest BCUT2D eigenvalue weighted by atomic mass is 32.1. The van der Waals surface area contributed by atoms with Crippen molar-refractivity contribution in [3.8, 4) is 5.75 Å². The van der Waals surface area contributed by atoms with E-state index in [-0.39, 0.29) is 23.9 Å². The molecule has 0 saturated carbocycles. The molecule has 0 fully saturated rings. The Balaban J connectivity index is 1.82. The molecule has 0 unspecified atom stereocenters. The van der Waals surface area contributed by atoms with Gasteiger partial charge in [0, 0.05) is 16.5 Å². The summed E-state index contributed by atoms with van der Waals surface area (Å²) in [6, 6.07) is 6.78. The summed E-state index contributed by atoms with van der Waals surface area (Å²) in [7, 11) is 0. The molecule has 0 radical (unpaired) electrons. The number of benzene rings is 1. The Labute approximate surface area is 151 Å². The molecule has 0 saturated heterocycles. The Kier molecular flexibility index (Phi) is 6.14. The maximum atomic E-state index is 12.1. The van der Waals surface area contributed by atoms with Crippen LogP contribution in [-0.4, -0.2) is 28.9 Å². The van der Waals surface area contributed by atoms with E-state index >= 15 is 0 Å². The zero-order valence-corrected chi connectivity index (χ0v) is 15.7. The Morgan fingerprint density at radius 3 is 2.44 bits per heavy atom. The highest BCUT2D eigenvalue weighted by Gasteiger charge is 2.14. The predicted molar refractivity (Wildman–Crippen MR) is 97.9 cm³/mol. The number of rotatable bonds is 6. The van der Waals surface area contributed by atoms with Crippen LogP contribution in [0.5, 0.6) is 5.75 Å². The van der Waals surface area contributed by atoms with E-state index in [0.29, 0.717) is 17.9 Å². The summed E-state index contributed by atoms with van der Waals surface area (Å²) in [4.78, 5) is 28.1. The van der Waals surface area contributed by atoms with Crippen LogP contribution in [0.15, 0.2) is 29.6 Å². The summed E-state index contributed by atoms with van der Waals surface area (Å²) in [5.74, 6) is 0.137. The highest BCUT2D eigenvalue weighted by Crippen LogP contribution is 2.15. The standard InChI is InChI=1S/C18H23N3O3S/c1-12-20-14(11-25-12)10-24-15-7-5-13(6-8-15)17(23)19-9-16(22)21-18(2,3)4/h5-8,11H,9-10H2,1-4H3,(H,19,23)(H,21,22). The number of carbonyl (C=O) groups excluding carboxylic acids is 2. The molecule has 25 heavy (non-hydrogen) atoms. The van der Waals surface area contributed by atoms with Gasteiger partial charge in [0.25, 0.3) is 5.91 Å². The number of aromatic nitrogens is 1. The van der Waals surface area contributed by atoms with E-state index in [0.717, 1.165) is 10.7 Å². The number of hydrogen-bond acceptors (Lipinski definition) is 5. The molecule has 1 aromatic heterocycles. The quantitative estimate of drug-likeness (QED) is 0.829. The van der Waals surface area contributed by atoms with E-state index < -0.39 is 0 Å². The average molecular weight is 361 g/mol. The lowest BCUT2D eigenvalue weighted by molar-refractivity contribution is -0.121. The molecule has 0 aliphatic rings. The van der Waals surface area contributed by atoms with E-state index in [1.54, 1.807) is 35.6 Å². The Morgan fingerprint density at radius 1 is 1.20 bits per heavy atom. The van der Waals surface area contributed by atoms with Gasteiger partial charge in [-0.3, -0.25) is 9.59 Å². The minimum Gasteiger partial charge on any atom is -0.487 e. The second-order valence-electron chi connectivity index (χ2n) is 6.65. The number of nitrogens with zero attached hydrogens (tertiary/aromatic N) is 1. The first-order chi connectivity index (χ1) is 11.7. The van der Waals surface area contributed by atoms with E-state index in [1.165, 1.54) is 0 Å². The molecule has 0 spiro atoms. The van der Waals surface area contributed by atoms with Crippen molar-refractivity contribution < 1.29 is 14.3 Å². The molecule has 2 amide bonds. The number of ether oxygens (including phenoxy) is 1. The number of hydrogen-bond donors (Lipinski definition) is 2. The van der Waals surface area contributed by atoms with Crippen LogP contribution in [0.2, 0.25) is 0 Å². The van der Waals surface area contributed by atoms with Gasteiger partial charge in [-0.25, -0.2) is 4.98 Å². The molecule has 6 nitrogen and oxygen atoms in total. The normalized spacial score (nSPS) is 11.0. The monoisotopic (exact) mass is 361 g/mol. The molecule has 0 bridgehead atoms. The second-order valence-corrected chi connectivity index (χ2v) is 7.71. The third-order valence-electron chi connectivity index (χ3n) is 3.09. The first-order valence-corrected chi connectivity index (χ1v) is 8.84. The van der Waals surface area contributed by atoms with Gasteiger partial charge in [0.2, 0.25) is 5.91 Å². The summed E-state index contributed by atoms with van der Waals surface area (Å²) in [5.41, 5.74) is 1.03. The Morgan fingerprint density at radius 2 is 1.88 bits per heavy atom. The summed E-state index contributed by atoms with van der Waals surface area (Å²) in [5, 5.41) is 8.35. The van der Waals surface area contributed by atoms with E-state index in [9.17, 15) is 9.59 Å². The fourth-order valence-electron chi connectivity index (χ4n) is 2.06. The third-order valence-corrected chi connectivity index (χ3v) is 3.92. The van der Waals surface area contributed by atoms with Crippen molar-refractivity contribution in [2.45, 2.75) is 39.8 Å². The number of nitrogens with one attached hydrogen (secondary N) is 2. The smallest absolute Gasteiger partial charge is 0.251 e. The van der Waals surface area contributed by atoms with E-state index in [4.69, 9.17) is 4.74 Å². The minimum atomic E-state index is -0.323. The number of aryl methyl sites for hydroxylation is 1. The first kappa shape index (κ1) is 18.9. The lowest BCUT2D eigenvalue weighted by atomic mass is 10.1. The van der Waals surface area contributed by atoms with E-state index in [2.05, 4.69) is 15.6 Å². The van der Waals surface area contributed by atoms with Crippen LogP contribution in [0.4, 0.5) is 0 Å². The molecular formula is C18H23N3O3S. The number of thiazole rings is 1. The van der Waals surface area contributed by atoms with Gasteiger partial charge in [-0.2, -0.15) is 0 Å². The van der Waals surface area contributed by atoms with Crippen molar-refractivity contribution in [2.75, 3.05) is 6.54 Å². The van der Waals surface area contributed by atoms with Crippen molar-refractivity contribution >= 4 is 23.2 Å². The highest BCUT2D eigenvalue weighted by molar-refractivity contribution is 7.09. The lowest BCUT2D eigenvalue weighted by Crippen LogP contribution is -2.45. The summed E-state index contributed by atoms with van der Waals surface area (Å²) < 4.78 is 5.64. The van der Waals surface area contributed by atoms with Gasteiger partial charge in [0.05, 0.1) is 17.2 Å². The van der Waals surface area contributed by atoms with Gasteiger partial charge in [0.1, 0.15) is 12.4 Å². The van der Waals surface area contributed by atoms with Crippen molar-refractivity contribution in [2.24, 2.45) is 0 Å². The fraction of sp³-hybridized carbons (Fsp3) is 0.389. The molecule has 1 aromatic carbocycles. The topological polar surface area (TPSA) is 80.3 Å². The first-order valence-electron chi connectivity index (χ1n) is 7.96. The summed E-state index contributed by atoms with van der Waals surface area (Å²) >= 11 is 1.58. The van der Waals surface area contributed by atoms with Crippen molar-refractivity contribution in [3.63, 3.8) is 0 Å². The number of carbonyl (C=O) groups is 2. The van der Waals surface area contributed by atoms with E-state index in [1.807, 2.05) is 33.1 Å². The van der Waals surface area contributed by atoms with Crippen LogP contribution < -0.4 is 15.4 Å². The summed E-state index contributed by atoms with van der Waals surface area (Å²) in [6.07, 6.45) is 0. The second kappa shape index (κ2) is 8.11. The van der Waals surface area contributed by atoms with Gasteiger partial charge in [-0.05, 0) is 52.0 Å². The average Bonchev–Trinajstić information content (AvgIpc) is 2.95. The molecule has 1 heterocycles. The van der Waals surface area contributed by atoms with Crippen LogP contribution in [-0.2, 0) is 11.4 Å². The van der Waals surface area contributed by atoms with Crippen LogP contribution in [0, 0.1) is 6.92 Å². The van der Waals surface area contributed by atoms with Crippen LogP contribution >= 0.6 is 11.3 Å². The van der Waals surface area contributed by atoms with Crippen LogP contribution in [0.3, 0.4) is 0 Å². The molecule has 2 aromatic rings. The Hall–Kier alpha value is -2.41. The Bertz CT molecular complexity index is 733. The molecule has 0 aliphatic heterocycles. The zero-order valence-electron chi connectivity index (χ0n) is 14.9. The third kappa shape index (κ3) is 6.54. The van der Waals surface area contributed by atoms with Gasteiger partial charge < -0.3 is 15.4 Å². The maximum absolute atomic E-state index is 12.1. The SMILES string of the molecule is Cc1nc(COc2ccc(C(=O)NCC(=O)NC(C)(C)C)cc2)cs1. The van der Waals surface area contributed by atoms with Gasteiger partial charge >= 0.3 is 0 Å². The molecule has 2 N–H and O–H groups in total. The maximum Gasteiger partial charge on any atom is 0.251 e. The predicted octanol–water partition coefficient (Wildman–Crippen LogP) is 2.68. The largest absolute Gasteiger partial charge is 0.487 e. The van der Waals surface area contributed by atoms with Crippen LogP contribution in [0.25, 0.3) is 0 Å². The van der Waals surface area contributed by atoms with Gasteiger partial charge in [0.15, 0.2) is 0 Å². The van der Waals surface area contributed by atoms with Gasteiger partial charge in [-0.1, -0.05) is 0 Å². The molecule has 134 valence electrons. The fourth-order valence-corrected chi connectivity index (χ4v) is 2.66. The van der Waals surface area contributed by atoms with Crippen molar-refractivity contribution in [1.82, 2.24) is 15.6 Å². The van der Waals surface area contributed by atoms with Crippen molar-refractivity contribution in [3.05, 3.63) is 45.9 Å². The van der Waals surface area contributed by atoms with Crippen LogP contribution in [0.1, 0.15) is 41.8 Å². The molecule has 7 heteroatoms. The van der Waals surface area contributed by atoms with Crippen molar-refractivity contribution in [1.29, 1.82) is 0 Å². The summed E-state index contributed by atoms with van der Waals surface area (Å²) in [6.45, 7) is 7.94. The molecule has 0 atom stereocenters. The molecular weight excluding hydrogens is 338 g/mol. The zero-order chi connectivity index (χ0) is 18.4. The molecule has 2 rings (SSSR count). The molecule has 0 aliphatic carbocycles.